The van der Waals surface area contributed by atoms with E-state index in [0.717, 1.165) is 117 Å². The van der Waals surface area contributed by atoms with Crippen molar-refractivity contribution in [3.8, 4) is 0 Å². The monoisotopic (exact) mass is 1050 g/mol. The summed E-state index contributed by atoms with van der Waals surface area (Å²) in [5, 5.41) is 6.21. The number of aromatic nitrogens is 6. The highest BCUT2D eigenvalue weighted by Crippen LogP contribution is 2.51. The van der Waals surface area contributed by atoms with Gasteiger partial charge in [0.15, 0.2) is 34.2 Å². The number of furan rings is 3. The minimum absolute atomic E-state index is 0.0807. The van der Waals surface area contributed by atoms with Crippen LogP contribution in [0.3, 0.4) is 0 Å². The molecule has 0 spiro atoms. The maximum atomic E-state index is 8.69. The predicted molar refractivity (Wildman–Crippen MR) is 320 cm³/mol. The summed E-state index contributed by atoms with van der Waals surface area (Å²) in [4.78, 5) is 40.2. The minimum atomic E-state index is -0.789. The molecule has 0 saturated heterocycles. The number of benzene rings is 3. The molecule has 0 amide bonds. The van der Waals surface area contributed by atoms with Crippen LogP contribution in [0.1, 0.15) is 67.9 Å². The second-order valence-corrected chi connectivity index (χ2v) is 21.0. The number of nitrogens with zero attached hydrogens (tertiary/aromatic N) is 12. The van der Waals surface area contributed by atoms with E-state index in [2.05, 4.69) is 156 Å². The average Bonchev–Trinajstić information content (AvgIpc) is 4.38. The van der Waals surface area contributed by atoms with Crippen LogP contribution in [0.5, 0.6) is 0 Å². The van der Waals surface area contributed by atoms with Gasteiger partial charge in [0.1, 0.15) is 18.5 Å². The zero-order valence-corrected chi connectivity index (χ0v) is 46.2. The van der Waals surface area contributed by atoms with Crippen LogP contribution in [0.15, 0.2) is 160 Å². The van der Waals surface area contributed by atoms with E-state index in [1.807, 2.05) is 94.6 Å². The number of pyridine rings is 6. The van der Waals surface area contributed by atoms with Gasteiger partial charge in [-0.2, -0.15) is 0 Å². The van der Waals surface area contributed by atoms with Gasteiger partial charge in [0, 0.05) is 88.6 Å². The van der Waals surface area contributed by atoms with E-state index in [1.54, 1.807) is 31.0 Å². The molecular weight excluding hydrogens is 985 g/mol. The Morgan fingerprint density at radius 3 is 1.05 bits per heavy atom. The van der Waals surface area contributed by atoms with Gasteiger partial charge in [0.2, 0.25) is 17.1 Å². The van der Waals surface area contributed by atoms with Gasteiger partial charge in [-0.1, -0.05) is 36.4 Å². The zero-order valence-electron chi connectivity index (χ0n) is 48.2. The Morgan fingerprint density at radius 1 is 0.392 bits per heavy atom. The van der Waals surface area contributed by atoms with Crippen LogP contribution in [-0.4, -0.2) is 67.5 Å². The molecule has 0 radical (unpaired) electrons. The van der Waals surface area contributed by atoms with Crippen LogP contribution in [-0.2, 0) is 0 Å². The van der Waals surface area contributed by atoms with Crippen molar-refractivity contribution in [1.29, 1.82) is 0 Å². The van der Waals surface area contributed by atoms with Gasteiger partial charge in [-0.3, -0.25) is 0 Å². The molecule has 12 heterocycles. The van der Waals surface area contributed by atoms with Crippen molar-refractivity contribution < 1.29 is 16.0 Å². The molecule has 0 bridgehead atoms. The lowest BCUT2D eigenvalue weighted by atomic mass is 10.1. The number of aryl methyl sites for hydroxylation is 3. The van der Waals surface area contributed by atoms with Gasteiger partial charge >= 0.3 is 0 Å². The Kier molecular flexibility index (Phi) is 11.3. The summed E-state index contributed by atoms with van der Waals surface area (Å²) in [7, 11) is 2.10. The maximum absolute atomic E-state index is 8.69. The average molecular weight is 1050 g/mol. The first-order chi connectivity index (χ1) is 38.9. The second kappa shape index (κ2) is 19.0. The molecule has 15 rings (SSSR count). The van der Waals surface area contributed by atoms with E-state index >= 15 is 0 Å². The number of anilines is 9. The van der Waals surface area contributed by atoms with E-state index < -0.39 is 12.0 Å². The molecule has 9 aromatic heterocycles. The molecule has 15 heteroatoms. The third-order valence-electron chi connectivity index (χ3n) is 15.8. The standard InChI is InChI=1S/2C22H22N4O.C20H18N4O/c2*1-13(2)25-15(4)26(21-18(25)8-6-11-23-21)19-14(3)9-10-16-17-7-5-12-24-22(17)27-20(16)19;1-12-8-9-14-15-6-4-11-22-20(15)25-18(14)17(12)24-13(2)23(3)16-7-5-10-21-19(16)24/h2*5-13,15H,1-4H3;4-11,13H,1-3H3/i2*13D;. The summed E-state index contributed by atoms with van der Waals surface area (Å²) in [5.41, 5.74) is 13.8. The third kappa shape index (κ3) is 7.68. The lowest BCUT2D eigenvalue weighted by Gasteiger charge is -2.33. The van der Waals surface area contributed by atoms with E-state index in [1.165, 1.54) is 0 Å². The lowest BCUT2D eigenvalue weighted by molar-refractivity contribution is 0.601. The maximum Gasteiger partial charge on any atom is 0.227 e. The van der Waals surface area contributed by atoms with Gasteiger partial charge in [-0.05, 0) is 159 Å². The van der Waals surface area contributed by atoms with Crippen molar-refractivity contribution in [2.45, 2.75) is 99.8 Å². The third-order valence-corrected chi connectivity index (χ3v) is 15.8. The smallest absolute Gasteiger partial charge is 0.227 e. The van der Waals surface area contributed by atoms with Gasteiger partial charge in [0.25, 0.3) is 0 Å². The van der Waals surface area contributed by atoms with Crippen molar-refractivity contribution in [1.82, 2.24) is 29.9 Å². The van der Waals surface area contributed by atoms with Crippen LogP contribution >= 0.6 is 0 Å². The van der Waals surface area contributed by atoms with E-state index in [9.17, 15) is 0 Å². The molecule has 3 aliphatic heterocycles. The second-order valence-electron chi connectivity index (χ2n) is 21.0. The minimum Gasteiger partial charge on any atom is -0.435 e. The van der Waals surface area contributed by atoms with Gasteiger partial charge in [0.05, 0.1) is 36.9 Å². The van der Waals surface area contributed by atoms with Crippen LogP contribution in [0.2, 0.25) is 0 Å². The van der Waals surface area contributed by atoms with Crippen molar-refractivity contribution >= 4 is 118 Å². The molecule has 3 unspecified atom stereocenters. The number of rotatable bonds is 5. The first-order valence-electron chi connectivity index (χ1n) is 27.8. The Balaban J connectivity index is 0.000000115. The first kappa shape index (κ1) is 47.0. The molecule has 15 nitrogen and oxygen atoms in total. The van der Waals surface area contributed by atoms with Crippen molar-refractivity contribution in [2.75, 3.05) is 36.4 Å². The SMILES string of the molecule is Cc1ccc2c(oc3ncccc32)c1N1c2ncccc2N(C)C1C.[2H]C(C)(C)N1c2cccnc2N(c2c(C)ccc3c2oc2ncccc23)C1C.[2H]C(C)(C)N1c2cccnc2N(c2c(C)ccc3c2oc2ncccc23)C1C. The Labute approximate surface area is 461 Å². The molecule has 396 valence electrons. The molecule has 3 atom stereocenters. The molecule has 12 aromatic rings. The fraction of sp³-hybridized carbons (Fsp3) is 0.250. The molecule has 0 aliphatic carbocycles. The first-order valence-corrected chi connectivity index (χ1v) is 26.8. The van der Waals surface area contributed by atoms with Crippen molar-refractivity contribution in [3.05, 3.63) is 163 Å². The van der Waals surface area contributed by atoms with Crippen LogP contribution < -0.4 is 29.4 Å². The van der Waals surface area contributed by atoms with Gasteiger partial charge in [-0.15, -0.1) is 0 Å². The number of hydrogen-bond acceptors (Lipinski definition) is 15. The Hall–Kier alpha value is -9.24. The summed E-state index contributed by atoms with van der Waals surface area (Å²) in [5.74, 6) is 2.65. The predicted octanol–water partition coefficient (Wildman–Crippen LogP) is 15.4. The topological polar surface area (TPSA) is 136 Å². The van der Waals surface area contributed by atoms with E-state index in [4.69, 9.17) is 16.0 Å². The fourth-order valence-electron chi connectivity index (χ4n) is 12.2. The van der Waals surface area contributed by atoms with Gasteiger partial charge < -0.3 is 42.7 Å². The Morgan fingerprint density at radius 2 is 0.696 bits per heavy atom. The summed E-state index contributed by atoms with van der Waals surface area (Å²) < 4.78 is 36.0. The van der Waals surface area contributed by atoms with Gasteiger partial charge in [-0.25, -0.2) is 29.9 Å². The number of hydrogen-bond donors (Lipinski definition) is 0. The fourth-order valence-corrected chi connectivity index (χ4v) is 12.2. The zero-order chi connectivity index (χ0) is 56.4. The summed E-state index contributed by atoms with van der Waals surface area (Å²) in [6.45, 7) is 20.3. The number of fused-ring (bicyclic) bond motifs is 12. The molecule has 3 aliphatic rings. The highest BCUT2D eigenvalue weighted by molar-refractivity contribution is 6.12. The van der Waals surface area contributed by atoms with Crippen LogP contribution in [0.4, 0.5) is 51.6 Å². The van der Waals surface area contributed by atoms with E-state index in [-0.39, 0.29) is 18.5 Å². The molecule has 3 aromatic carbocycles. The summed E-state index contributed by atoms with van der Waals surface area (Å²) in [6, 6.07) is 35.0. The highest BCUT2D eigenvalue weighted by atomic mass is 16.3. The molecule has 0 saturated carbocycles. The van der Waals surface area contributed by atoms with Crippen LogP contribution in [0.25, 0.3) is 66.2 Å². The molecular formula is C64H62N12O3. The van der Waals surface area contributed by atoms with Crippen LogP contribution in [0, 0.1) is 20.8 Å². The van der Waals surface area contributed by atoms with Crippen molar-refractivity contribution in [3.63, 3.8) is 0 Å². The molecule has 79 heavy (non-hydrogen) atoms. The summed E-state index contributed by atoms with van der Waals surface area (Å²) in [6.07, 6.45) is 10.7. The highest BCUT2D eigenvalue weighted by Gasteiger charge is 2.41. The normalized spacial score (nSPS) is 17.4. The van der Waals surface area contributed by atoms with Crippen molar-refractivity contribution in [2.24, 2.45) is 0 Å². The molecule has 0 fully saturated rings. The molecule has 0 N–H and O–H groups in total. The lowest BCUT2D eigenvalue weighted by Crippen LogP contribution is -2.42. The van der Waals surface area contributed by atoms with E-state index in [0.29, 0.717) is 17.1 Å². The quantitative estimate of drug-likeness (QED) is 0.162. The largest absolute Gasteiger partial charge is 0.435 e. The summed E-state index contributed by atoms with van der Waals surface area (Å²) >= 11 is 0. The Bertz CT molecular complexity index is 4240.